The van der Waals surface area contributed by atoms with E-state index in [0.717, 1.165) is 30.7 Å². The minimum Gasteiger partial charge on any atom is -0.357 e. The molecule has 1 aliphatic rings. The average Bonchev–Trinajstić information content (AvgIpc) is 2.89. The third-order valence-electron chi connectivity index (χ3n) is 2.95. The Kier molecular flexibility index (Phi) is 3.25. The predicted molar refractivity (Wildman–Crippen MR) is 67.1 cm³/mol. The van der Waals surface area contributed by atoms with Crippen LogP contribution in [0, 0.1) is 0 Å². The number of aromatic nitrogens is 4. The highest BCUT2D eigenvalue weighted by atomic mass is 35.5. The van der Waals surface area contributed by atoms with Gasteiger partial charge in [-0.2, -0.15) is 5.10 Å². The van der Waals surface area contributed by atoms with Crippen LogP contribution < -0.4 is 0 Å². The predicted octanol–water partition coefficient (Wildman–Crippen LogP) is 2.69. The summed E-state index contributed by atoms with van der Waals surface area (Å²) in [7, 11) is 0. The Bertz CT molecular complexity index is 536. The molecule has 0 saturated carbocycles. The summed E-state index contributed by atoms with van der Waals surface area (Å²) >= 11 is 5.82. The van der Waals surface area contributed by atoms with Crippen LogP contribution in [0.1, 0.15) is 25.5 Å². The van der Waals surface area contributed by atoms with Crippen LogP contribution in [0.4, 0.5) is 0 Å². The van der Waals surface area contributed by atoms with E-state index in [9.17, 15) is 0 Å². The lowest BCUT2D eigenvalue weighted by molar-refractivity contribution is -0.0394. The standard InChI is InChI=1S/C12H13ClN4O/c13-11-7-14-6-10(16-11)9-5-15-17(8-9)12-3-1-2-4-18-12/h5-8,12H,1-4H2. The van der Waals surface area contributed by atoms with Crippen LogP contribution in [0.5, 0.6) is 0 Å². The Labute approximate surface area is 110 Å². The van der Waals surface area contributed by atoms with Crippen LogP contribution in [0.25, 0.3) is 11.3 Å². The molecule has 3 heterocycles. The summed E-state index contributed by atoms with van der Waals surface area (Å²) in [6, 6.07) is 0. The third-order valence-corrected chi connectivity index (χ3v) is 3.14. The van der Waals surface area contributed by atoms with Crippen LogP contribution >= 0.6 is 11.6 Å². The molecule has 0 radical (unpaired) electrons. The number of rotatable bonds is 2. The Morgan fingerprint density at radius 3 is 3.00 bits per heavy atom. The zero-order chi connectivity index (χ0) is 12.4. The Balaban J connectivity index is 1.84. The van der Waals surface area contributed by atoms with Gasteiger partial charge in [-0.25, -0.2) is 9.67 Å². The maximum absolute atomic E-state index is 5.82. The molecule has 18 heavy (non-hydrogen) atoms. The summed E-state index contributed by atoms with van der Waals surface area (Å²) in [4.78, 5) is 8.23. The monoisotopic (exact) mass is 264 g/mol. The molecule has 0 aliphatic carbocycles. The summed E-state index contributed by atoms with van der Waals surface area (Å²) in [6.07, 6.45) is 10.2. The molecular weight excluding hydrogens is 252 g/mol. The molecule has 5 nitrogen and oxygen atoms in total. The minimum absolute atomic E-state index is 0.0413. The minimum atomic E-state index is 0.0413. The van der Waals surface area contributed by atoms with Crippen molar-refractivity contribution in [3.05, 3.63) is 29.9 Å². The molecule has 2 aromatic heterocycles. The van der Waals surface area contributed by atoms with E-state index in [1.165, 1.54) is 12.6 Å². The molecule has 2 aromatic rings. The Morgan fingerprint density at radius 2 is 2.22 bits per heavy atom. The first kappa shape index (κ1) is 11.6. The number of ether oxygens (including phenoxy) is 1. The van der Waals surface area contributed by atoms with Crippen molar-refractivity contribution in [2.45, 2.75) is 25.5 Å². The summed E-state index contributed by atoms with van der Waals surface area (Å²) in [5.74, 6) is 0. The van der Waals surface area contributed by atoms with Crippen molar-refractivity contribution in [1.82, 2.24) is 19.7 Å². The van der Waals surface area contributed by atoms with Gasteiger partial charge in [0.1, 0.15) is 11.4 Å². The largest absolute Gasteiger partial charge is 0.357 e. The van der Waals surface area contributed by atoms with Gasteiger partial charge in [-0.3, -0.25) is 4.98 Å². The van der Waals surface area contributed by atoms with E-state index < -0.39 is 0 Å². The first-order valence-electron chi connectivity index (χ1n) is 5.96. The highest BCUT2D eigenvalue weighted by molar-refractivity contribution is 6.29. The fraction of sp³-hybridized carbons (Fsp3) is 0.417. The second kappa shape index (κ2) is 5.04. The van der Waals surface area contributed by atoms with Gasteiger partial charge >= 0.3 is 0 Å². The lowest BCUT2D eigenvalue weighted by Gasteiger charge is -2.22. The Morgan fingerprint density at radius 1 is 1.28 bits per heavy atom. The van der Waals surface area contributed by atoms with Crippen LogP contribution in [0.2, 0.25) is 5.15 Å². The SMILES string of the molecule is Clc1cncc(-c2cnn(C3CCCCO3)c2)n1. The molecule has 6 heteroatoms. The quantitative estimate of drug-likeness (QED) is 0.837. The van der Waals surface area contributed by atoms with Crippen LogP contribution in [-0.2, 0) is 4.74 Å². The first-order chi connectivity index (χ1) is 8.83. The van der Waals surface area contributed by atoms with E-state index in [4.69, 9.17) is 16.3 Å². The van der Waals surface area contributed by atoms with E-state index in [-0.39, 0.29) is 6.23 Å². The van der Waals surface area contributed by atoms with Crippen molar-refractivity contribution in [1.29, 1.82) is 0 Å². The molecular formula is C12H13ClN4O. The number of halogens is 1. The third kappa shape index (κ3) is 2.37. The van der Waals surface area contributed by atoms with Gasteiger partial charge in [0.25, 0.3) is 0 Å². The van der Waals surface area contributed by atoms with Crippen molar-refractivity contribution in [3.8, 4) is 11.3 Å². The lowest BCUT2D eigenvalue weighted by Crippen LogP contribution is -2.18. The molecule has 3 rings (SSSR count). The van der Waals surface area contributed by atoms with Gasteiger partial charge in [-0.1, -0.05) is 11.6 Å². The zero-order valence-electron chi connectivity index (χ0n) is 9.79. The lowest BCUT2D eigenvalue weighted by atomic mass is 10.2. The zero-order valence-corrected chi connectivity index (χ0v) is 10.5. The summed E-state index contributed by atoms with van der Waals surface area (Å²) in [5.41, 5.74) is 1.63. The molecule has 1 fully saturated rings. The molecule has 1 aliphatic heterocycles. The molecule has 0 amide bonds. The second-order valence-corrected chi connectivity index (χ2v) is 4.64. The first-order valence-corrected chi connectivity index (χ1v) is 6.34. The van der Waals surface area contributed by atoms with Gasteiger partial charge in [0.2, 0.25) is 0 Å². The van der Waals surface area contributed by atoms with Crippen LogP contribution in [0.15, 0.2) is 24.8 Å². The van der Waals surface area contributed by atoms with Crippen molar-refractivity contribution in [2.24, 2.45) is 0 Å². The molecule has 94 valence electrons. The highest BCUT2D eigenvalue weighted by Gasteiger charge is 2.17. The molecule has 0 N–H and O–H groups in total. The van der Waals surface area contributed by atoms with Gasteiger partial charge in [0.05, 0.1) is 24.3 Å². The summed E-state index contributed by atoms with van der Waals surface area (Å²) < 4.78 is 7.52. The summed E-state index contributed by atoms with van der Waals surface area (Å²) in [5, 5.41) is 4.71. The van der Waals surface area contributed by atoms with E-state index in [1.54, 1.807) is 12.4 Å². The molecule has 1 atom stereocenters. The molecule has 0 aromatic carbocycles. The van der Waals surface area contributed by atoms with Gasteiger partial charge in [-0.05, 0) is 19.3 Å². The number of hydrogen-bond donors (Lipinski definition) is 0. The van der Waals surface area contributed by atoms with E-state index in [1.807, 2.05) is 10.9 Å². The Hall–Kier alpha value is -1.46. The van der Waals surface area contributed by atoms with Gasteiger partial charge in [0, 0.05) is 18.4 Å². The maximum atomic E-state index is 5.82. The van der Waals surface area contributed by atoms with Gasteiger partial charge in [-0.15, -0.1) is 0 Å². The highest BCUT2D eigenvalue weighted by Crippen LogP contribution is 2.24. The number of hydrogen-bond acceptors (Lipinski definition) is 4. The average molecular weight is 265 g/mol. The van der Waals surface area contributed by atoms with Crippen molar-refractivity contribution < 1.29 is 4.74 Å². The molecule has 0 spiro atoms. The maximum Gasteiger partial charge on any atom is 0.150 e. The van der Waals surface area contributed by atoms with Gasteiger partial charge < -0.3 is 4.74 Å². The summed E-state index contributed by atoms with van der Waals surface area (Å²) in [6.45, 7) is 0.802. The molecule has 0 bridgehead atoms. The van der Waals surface area contributed by atoms with E-state index in [2.05, 4.69) is 15.1 Å². The smallest absolute Gasteiger partial charge is 0.150 e. The van der Waals surface area contributed by atoms with E-state index in [0.29, 0.717) is 5.15 Å². The molecule has 1 saturated heterocycles. The second-order valence-electron chi connectivity index (χ2n) is 4.26. The fourth-order valence-electron chi connectivity index (χ4n) is 2.04. The van der Waals surface area contributed by atoms with E-state index >= 15 is 0 Å². The number of nitrogens with zero attached hydrogens (tertiary/aromatic N) is 4. The topological polar surface area (TPSA) is 52.8 Å². The van der Waals surface area contributed by atoms with Crippen molar-refractivity contribution in [2.75, 3.05) is 6.61 Å². The van der Waals surface area contributed by atoms with Crippen LogP contribution in [0.3, 0.4) is 0 Å². The van der Waals surface area contributed by atoms with Crippen molar-refractivity contribution >= 4 is 11.6 Å². The molecule has 1 unspecified atom stereocenters. The normalized spacial score (nSPS) is 19.9. The van der Waals surface area contributed by atoms with Crippen molar-refractivity contribution in [3.63, 3.8) is 0 Å². The van der Waals surface area contributed by atoms with Crippen LogP contribution in [-0.4, -0.2) is 26.4 Å². The fourth-order valence-corrected chi connectivity index (χ4v) is 2.19. The van der Waals surface area contributed by atoms with Gasteiger partial charge in [0.15, 0.2) is 0 Å².